The number of carbonyl (C=O) groups is 2. The molecule has 0 saturated carbocycles. The van der Waals surface area contributed by atoms with E-state index in [-0.39, 0.29) is 37.2 Å². The number of halogens is 1. The average Bonchev–Trinajstić information content (AvgIpc) is 3.43. The van der Waals surface area contributed by atoms with Crippen LogP contribution >= 0.6 is 11.6 Å². The zero-order valence-electron chi connectivity index (χ0n) is 23.2. The highest BCUT2D eigenvalue weighted by molar-refractivity contribution is 6.30. The van der Waals surface area contributed by atoms with Gasteiger partial charge in [0.25, 0.3) is 0 Å². The fourth-order valence-corrected chi connectivity index (χ4v) is 5.08. The maximum Gasteiger partial charge on any atom is 0.336 e. The molecule has 2 aromatic carbocycles. The normalized spacial score (nSPS) is 20.5. The van der Waals surface area contributed by atoms with Gasteiger partial charge in [-0.1, -0.05) is 35.9 Å². The second-order valence-corrected chi connectivity index (χ2v) is 10.9. The minimum Gasteiger partial charge on any atom is -0.488 e. The molecule has 0 spiro atoms. The van der Waals surface area contributed by atoms with Gasteiger partial charge >= 0.3 is 5.97 Å². The smallest absolute Gasteiger partial charge is 0.336 e. The SMILES string of the molecule is CC1=C(C(=O)OCc2ccc(OC(C)COC(C)C)cc2)[C@H](c2ccc(Cl)cc2)CC(=O)N1C[C@H]1CCCO1. The summed E-state index contributed by atoms with van der Waals surface area (Å²) in [5, 5.41) is 0.597. The molecule has 4 rings (SSSR count). The summed E-state index contributed by atoms with van der Waals surface area (Å²) in [5.74, 6) is -0.143. The lowest BCUT2D eigenvalue weighted by Crippen LogP contribution is -2.42. The zero-order valence-corrected chi connectivity index (χ0v) is 23.9. The Morgan fingerprint density at radius 1 is 1.10 bits per heavy atom. The van der Waals surface area contributed by atoms with Gasteiger partial charge in [0, 0.05) is 29.7 Å². The fourth-order valence-electron chi connectivity index (χ4n) is 4.96. The van der Waals surface area contributed by atoms with E-state index in [1.165, 1.54) is 0 Å². The van der Waals surface area contributed by atoms with E-state index in [2.05, 4.69) is 0 Å². The van der Waals surface area contributed by atoms with Gasteiger partial charge in [-0.05, 0) is 75.9 Å². The molecule has 8 heteroatoms. The predicted molar refractivity (Wildman–Crippen MR) is 150 cm³/mol. The lowest BCUT2D eigenvalue weighted by molar-refractivity contribution is -0.141. The van der Waals surface area contributed by atoms with Gasteiger partial charge in [-0.15, -0.1) is 0 Å². The summed E-state index contributed by atoms with van der Waals surface area (Å²) in [5.41, 5.74) is 2.81. The van der Waals surface area contributed by atoms with Gasteiger partial charge < -0.3 is 23.8 Å². The van der Waals surface area contributed by atoms with Crippen molar-refractivity contribution in [3.05, 3.63) is 76.0 Å². The van der Waals surface area contributed by atoms with Crippen molar-refractivity contribution in [3.8, 4) is 5.75 Å². The highest BCUT2D eigenvalue weighted by atomic mass is 35.5. The molecule has 3 atom stereocenters. The summed E-state index contributed by atoms with van der Waals surface area (Å²) in [6.45, 7) is 9.52. The quantitative estimate of drug-likeness (QED) is 0.314. The molecular weight excluding hydrogens is 518 g/mol. The topological polar surface area (TPSA) is 74.3 Å². The predicted octanol–water partition coefficient (Wildman–Crippen LogP) is 6.04. The van der Waals surface area contributed by atoms with Crippen molar-refractivity contribution in [1.29, 1.82) is 0 Å². The van der Waals surface area contributed by atoms with Crippen LogP contribution < -0.4 is 4.74 Å². The number of allylic oxidation sites excluding steroid dienone is 1. The van der Waals surface area contributed by atoms with Crippen molar-refractivity contribution >= 4 is 23.5 Å². The van der Waals surface area contributed by atoms with Crippen LogP contribution in [-0.4, -0.2) is 54.8 Å². The number of benzene rings is 2. The van der Waals surface area contributed by atoms with Crippen LogP contribution in [0.2, 0.25) is 5.02 Å². The first-order valence-corrected chi connectivity index (χ1v) is 14.0. The molecule has 0 N–H and O–H groups in total. The molecule has 0 radical (unpaired) electrons. The molecule has 1 amide bonds. The van der Waals surface area contributed by atoms with Crippen LogP contribution in [0.1, 0.15) is 64.0 Å². The first kappa shape index (κ1) is 29.1. The van der Waals surface area contributed by atoms with E-state index in [0.29, 0.717) is 36.1 Å². The molecule has 1 unspecified atom stereocenters. The summed E-state index contributed by atoms with van der Waals surface area (Å²) in [4.78, 5) is 28.4. The van der Waals surface area contributed by atoms with Crippen molar-refractivity contribution in [3.63, 3.8) is 0 Å². The van der Waals surface area contributed by atoms with Crippen LogP contribution in [0.25, 0.3) is 0 Å². The van der Waals surface area contributed by atoms with Gasteiger partial charge in [0.2, 0.25) is 5.91 Å². The summed E-state index contributed by atoms with van der Waals surface area (Å²) >= 11 is 6.10. The van der Waals surface area contributed by atoms with E-state index in [0.717, 1.165) is 29.7 Å². The first-order chi connectivity index (χ1) is 18.7. The Balaban J connectivity index is 1.47. The van der Waals surface area contributed by atoms with E-state index in [9.17, 15) is 9.59 Å². The van der Waals surface area contributed by atoms with Crippen LogP contribution in [0.15, 0.2) is 59.8 Å². The second kappa shape index (κ2) is 13.5. The fraction of sp³-hybridized carbons (Fsp3) is 0.484. The van der Waals surface area contributed by atoms with Gasteiger partial charge in [-0.25, -0.2) is 4.79 Å². The number of hydrogen-bond donors (Lipinski definition) is 0. The Bertz CT molecular complexity index is 1150. The van der Waals surface area contributed by atoms with Gasteiger partial charge in [0.1, 0.15) is 18.5 Å². The number of esters is 1. The summed E-state index contributed by atoms with van der Waals surface area (Å²) < 4.78 is 23.1. The molecule has 2 aliphatic rings. The number of amides is 1. The highest BCUT2D eigenvalue weighted by Gasteiger charge is 2.38. The zero-order chi connectivity index (χ0) is 27.9. The maximum absolute atomic E-state index is 13.5. The number of nitrogens with zero attached hydrogens (tertiary/aromatic N) is 1. The molecule has 0 aromatic heterocycles. The average molecular weight is 556 g/mol. The molecule has 0 aliphatic carbocycles. The summed E-state index contributed by atoms with van der Waals surface area (Å²) in [6.07, 6.45) is 2.11. The maximum atomic E-state index is 13.5. The van der Waals surface area contributed by atoms with Crippen LogP contribution in [0.3, 0.4) is 0 Å². The number of ether oxygens (including phenoxy) is 4. The molecule has 7 nitrogen and oxygen atoms in total. The van der Waals surface area contributed by atoms with Crippen molar-refractivity contribution in [1.82, 2.24) is 4.90 Å². The number of carbonyl (C=O) groups excluding carboxylic acids is 2. The van der Waals surface area contributed by atoms with E-state index < -0.39 is 11.9 Å². The van der Waals surface area contributed by atoms with Crippen LogP contribution in [0.5, 0.6) is 5.75 Å². The molecular formula is C31H38ClNO6. The molecule has 1 saturated heterocycles. The number of hydrogen-bond acceptors (Lipinski definition) is 6. The standard InChI is InChI=1S/C31H38ClNO6/c1-20(2)37-18-21(3)39-26-13-7-23(8-14-26)19-38-31(35)30-22(4)33(17-27-6-5-15-36-27)29(34)16-28(30)24-9-11-25(32)12-10-24/h7-14,20-21,27-28H,5-6,15-19H2,1-4H3/t21?,27-,28+/m1/s1. The Kier molecular flexibility index (Phi) is 10.1. The van der Waals surface area contributed by atoms with E-state index in [1.54, 1.807) is 17.0 Å². The monoisotopic (exact) mass is 555 g/mol. The van der Waals surface area contributed by atoms with Crippen molar-refractivity contribution in [2.75, 3.05) is 19.8 Å². The van der Waals surface area contributed by atoms with Crippen molar-refractivity contribution in [2.45, 2.75) is 77.8 Å². The third-order valence-corrected chi connectivity index (χ3v) is 7.27. The highest BCUT2D eigenvalue weighted by Crippen LogP contribution is 2.38. The third-order valence-electron chi connectivity index (χ3n) is 7.02. The van der Waals surface area contributed by atoms with Gasteiger partial charge in [-0.2, -0.15) is 0 Å². The van der Waals surface area contributed by atoms with E-state index in [1.807, 2.05) is 64.1 Å². The van der Waals surface area contributed by atoms with Gasteiger partial charge in [-0.3, -0.25) is 4.79 Å². The molecule has 2 aromatic rings. The third kappa shape index (κ3) is 7.84. The Hall–Kier alpha value is -2.87. The lowest BCUT2D eigenvalue weighted by Gasteiger charge is -2.35. The number of rotatable bonds is 11. The van der Waals surface area contributed by atoms with E-state index >= 15 is 0 Å². The Morgan fingerprint density at radius 3 is 2.46 bits per heavy atom. The largest absolute Gasteiger partial charge is 0.488 e. The first-order valence-electron chi connectivity index (χ1n) is 13.6. The minimum absolute atomic E-state index is 0.0198. The van der Waals surface area contributed by atoms with E-state index in [4.69, 9.17) is 30.5 Å². The molecule has 2 aliphatic heterocycles. The molecule has 0 bridgehead atoms. The van der Waals surface area contributed by atoms with Crippen LogP contribution in [0, 0.1) is 0 Å². The molecule has 39 heavy (non-hydrogen) atoms. The molecule has 2 heterocycles. The van der Waals surface area contributed by atoms with Crippen LogP contribution in [-0.2, 0) is 30.4 Å². The Morgan fingerprint density at radius 2 is 1.82 bits per heavy atom. The molecule has 1 fully saturated rings. The molecule has 210 valence electrons. The summed E-state index contributed by atoms with van der Waals surface area (Å²) in [7, 11) is 0. The van der Waals surface area contributed by atoms with Crippen molar-refractivity contribution in [2.24, 2.45) is 0 Å². The van der Waals surface area contributed by atoms with Crippen molar-refractivity contribution < 1.29 is 28.5 Å². The van der Waals surface area contributed by atoms with Gasteiger partial charge in [0.15, 0.2) is 0 Å². The second-order valence-electron chi connectivity index (χ2n) is 10.5. The van der Waals surface area contributed by atoms with Crippen LogP contribution in [0.4, 0.5) is 0 Å². The minimum atomic E-state index is -0.433. The lowest BCUT2D eigenvalue weighted by atomic mass is 9.83. The Labute approximate surface area is 236 Å². The summed E-state index contributed by atoms with van der Waals surface area (Å²) in [6, 6.07) is 14.8. The van der Waals surface area contributed by atoms with Gasteiger partial charge in [0.05, 0.1) is 30.9 Å².